The number of anilines is 1. The summed E-state index contributed by atoms with van der Waals surface area (Å²) in [6.45, 7) is 3.23. The van der Waals surface area contributed by atoms with E-state index in [0.717, 1.165) is 23.5 Å². The zero-order valence-corrected chi connectivity index (χ0v) is 15.4. The molecule has 0 bridgehead atoms. The van der Waals surface area contributed by atoms with Crippen molar-refractivity contribution in [1.29, 1.82) is 0 Å². The minimum absolute atomic E-state index is 0.113. The number of carbonyl (C=O) groups excluding carboxylic acids is 1. The van der Waals surface area contributed by atoms with Crippen molar-refractivity contribution in [2.45, 2.75) is 19.3 Å². The van der Waals surface area contributed by atoms with Crippen LogP contribution in [0.4, 0.5) is 5.69 Å². The highest BCUT2D eigenvalue weighted by atomic mass is 16.5. The molecule has 3 rings (SSSR count). The summed E-state index contributed by atoms with van der Waals surface area (Å²) in [5, 5.41) is 3.15. The van der Waals surface area contributed by atoms with Gasteiger partial charge in [0.25, 0.3) is 5.91 Å². The molecule has 0 aromatic carbocycles. The van der Waals surface area contributed by atoms with E-state index in [1.807, 2.05) is 26.1 Å². The van der Waals surface area contributed by atoms with E-state index in [4.69, 9.17) is 9.47 Å². The highest BCUT2D eigenvalue weighted by Gasteiger charge is 2.30. The van der Waals surface area contributed by atoms with Crippen molar-refractivity contribution in [3.05, 3.63) is 35.3 Å². The number of amides is 1. The summed E-state index contributed by atoms with van der Waals surface area (Å²) in [6, 6.07) is 5.69. The van der Waals surface area contributed by atoms with Gasteiger partial charge in [0.2, 0.25) is 5.88 Å². The number of carbonyl (C=O) groups is 1. The average molecular weight is 357 g/mol. The molecule has 1 aliphatic heterocycles. The fraction of sp³-hybridized carbons (Fsp3) is 0.444. The van der Waals surface area contributed by atoms with Gasteiger partial charge in [-0.25, -0.2) is 0 Å². The molecular weight excluding hydrogens is 334 g/mol. The lowest BCUT2D eigenvalue weighted by molar-refractivity contribution is 0.0783. The fourth-order valence-electron chi connectivity index (χ4n) is 3.11. The van der Waals surface area contributed by atoms with E-state index in [0.29, 0.717) is 19.0 Å². The number of methoxy groups -OCH3 is 2. The van der Waals surface area contributed by atoms with Crippen LogP contribution in [0.2, 0.25) is 0 Å². The maximum Gasteiger partial charge on any atom is 0.320 e. The number of pyridine rings is 1. The van der Waals surface area contributed by atoms with Gasteiger partial charge in [0.15, 0.2) is 0 Å². The first-order valence-corrected chi connectivity index (χ1v) is 8.46. The Kier molecular flexibility index (Phi) is 5.20. The molecule has 8 nitrogen and oxygen atoms in total. The van der Waals surface area contributed by atoms with Crippen LogP contribution in [0, 0.1) is 6.92 Å². The Bertz CT molecular complexity index is 789. The molecule has 0 saturated carbocycles. The number of aryl methyl sites for hydroxylation is 1. The molecule has 0 spiro atoms. The molecule has 3 heterocycles. The van der Waals surface area contributed by atoms with Gasteiger partial charge in [-0.2, -0.15) is 9.97 Å². The summed E-state index contributed by atoms with van der Waals surface area (Å²) in [4.78, 5) is 27.5. The van der Waals surface area contributed by atoms with Crippen LogP contribution in [-0.2, 0) is 0 Å². The summed E-state index contributed by atoms with van der Waals surface area (Å²) < 4.78 is 10.2. The number of hydrogen-bond acceptors (Lipinski definition) is 7. The molecule has 0 aliphatic carbocycles. The van der Waals surface area contributed by atoms with Crippen LogP contribution >= 0.6 is 0 Å². The third-order valence-electron chi connectivity index (χ3n) is 4.45. The zero-order chi connectivity index (χ0) is 18.7. The number of aromatic nitrogens is 3. The highest BCUT2D eigenvalue weighted by Crippen LogP contribution is 2.29. The zero-order valence-electron chi connectivity index (χ0n) is 15.4. The van der Waals surface area contributed by atoms with E-state index in [2.05, 4.69) is 20.3 Å². The van der Waals surface area contributed by atoms with Crippen LogP contribution in [0.1, 0.15) is 34.2 Å². The maximum absolute atomic E-state index is 12.8. The molecule has 1 N–H and O–H groups in total. The van der Waals surface area contributed by atoms with Crippen LogP contribution in [0.3, 0.4) is 0 Å². The molecule has 1 aliphatic rings. The molecule has 2 aromatic rings. The van der Waals surface area contributed by atoms with Crippen LogP contribution in [0.15, 0.2) is 18.2 Å². The monoisotopic (exact) mass is 357 g/mol. The van der Waals surface area contributed by atoms with E-state index in [9.17, 15) is 4.79 Å². The van der Waals surface area contributed by atoms with Crippen molar-refractivity contribution in [2.75, 3.05) is 39.7 Å². The maximum atomic E-state index is 12.8. The first-order chi connectivity index (χ1) is 12.5. The standard InChI is InChI=1S/C18H23N5O3/c1-11-7-13(19-2)8-14(20-11)12-5-6-23(10-12)17(24)15-9-16(25-3)22-18(21-15)26-4/h7-9,12H,5-6,10H2,1-4H3,(H,19,20)/t12-/m1/s1. The van der Waals surface area contributed by atoms with Crippen LogP contribution < -0.4 is 14.8 Å². The van der Waals surface area contributed by atoms with E-state index >= 15 is 0 Å². The second kappa shape index (κ2) is 7.55. The minimum Gasteiger partial charge on any atom is -0.481 e. The number of hydrogen-bond donors (Lipinski definition) is 1. The number of likely N-dealkylation sites (tertiary alicyclic amines) is 1. The summed E-state index contributed by atoms with van der Waals surface area (Å²) >= 11 is 0. The largest absolute Gasteiger partial charge is 0.481 e. The van der Waals surface area contributed by atoms with Gasteiger partial charge in [-0.3, -0.25) is 9.78 Å². The molecule has 138 valence electrons. The Morgan fingerprint density at radius 2 is 2.00 bits per heavy atom. The first kappa shape index (κ1) is 17.9. The van der Waals surface area contributed by atoms with Crippen molar-refractivity contribution in [1.82, 2.24) is 19.9 Å². The number of nitrogens with zero attached hydrogens (tertiary/aromatic N) is 4. The Labute approximate surface area is 152 Å². The molecular formula is C18H23N5O3. The molecule has 26 heavy (non-hydrogen) atoms. The normalized spacial score (nSPS) is 16.5. The molecule has 1 amide bonds. The van der Waals surface area contributed by atoms with Crippen molar-refractivity contribution in [3.63, 3.8) is 0 Å². The van der Waals surface area contributed by atoms with Gasteiger partial charge in [0.1, 0.15) is 5.69 Å². The Morgan fingerprint density at radius 1 is 1.19 bits per heavy atom. The predicted octanol–water partition coefficient (Wildman–Crippen LogP) is 1.87. The van der Waals surface area contributed by atoms with Crippen LogP contribution in [0.25, 0.3) is 0 Å². The Hall–Kier alpha value is -2.90. The third-order valence-corrected chi connectivity index (χ3v) is 4.45. The van der Waals surface area contributed by atoms with Gasteiger partial charge >= 0.3 is 6.01 Å². The number of rotatable bonds is 5. The molecule has 2 aromatic heterocycles. The molecule has 1 fully saturated rings. The van der Waals surface area contributed by atoms with Crippen molar-refractivity contribution >= 4 is 11.6 Å². The summed E-state index contributed by atoms with van der Waals surface area (Å²) in [7, 11) is 4.83. The first-order valence-electron chi connectivity index (χ1n) is 8.46. The molecule has 0 unspecified atom stereocenters. The summed E-state index contributed by atoms with van der Waals surface area (Å²) in [5.41, 5.74) is 3.26. The highest BCUT2D eigenvalue weighted by molar-refractivity contribution is 5.93. The molecule has 1 saturated heterocycles. The van der Waals surface area contributed by atoms with Crippen molar-refractivity contribution < 1.29 is 14.3 Å². The van der Waals surface area contributed by atoms with Gasteiger partial charge in [-0.1, -0.05) is 0 Å². The Morgan fingerprint density at radius 3 is 2.69 bits per heavy atom. The lowest BCUT2D eigenvalue weighted by Crippen LogP contribution is -2.29. The molecule has 8 heteroatoms. The van der Waals surface area contributed by atoms with Crippen molar-refractivity contribution in [2.24, 2.45) is 0 Å². The molecule has 1 atom stereocenters. The van der Waals surface area contributed by atoms with E-state index in [1.165, 1.54) is 20.3 Å². The van der Waals surface area contributed by atoms with Gasteiger partial charge in [-0.05, 0) is 25.5 Å². The van der Waals surface area contributed by atoms with E-state index < -0.39 is 0 Å². The second-order valence-corrected chi connectivity index (χ2v) is 6.19. The predicted molar refractivity (Wildman–Crippen MR) is 96.9 cm³/mol. The lowest BCUT2D eigenvalue weighted by Gasteiger charge is -2.17. The van der Waals surface area contributed by atoms with Gasteiger partial charge in [0, 0.05) is 49.2 Å². The smallest absolute Gasteiger partial charge is 0.320 e. The van der Waals surface area contributed by atoms with Crippen LogP contribution in [-0.4, -0.2) is 60.1 Å². The van der Waals surface area contributed by atoms with Gasteiger partial charge in [0.05, 0.1) is 14.2 Å². The fourth-order valence-corrected chi connectivity index (χ4v) is 3.11. The molecule has 0 radical (unpaired) electrons. The Balaban J connectivity index is 1.78. The van der Waals surface area contributed by atoms with E-state index in [1.54, 1.807) is 4.90 Å². The van der Waals surface area contributed by atoms with Gasteiger partial charge < -0.3 is 19.7 Å². The number of ether oxygens (including phenoxy) is 2. The van der Waals surface area contributed by atoms with Crippen LogP contribution in [0.5, 0.6) is 11.9 Å². The van der Waals surface area contributed by atoms with E-state index in [-0.39, 0.29) is 23.5 Å². The SMILES string of the molecule is CNc1cc(C)nc([C@@H]2CCN(C(=O)c3cc(OC)nc(OC)n3)C2)c1. The second-order valence-electron chi connectivity index (χ2n) is 6.19. The van der Waals surface area contributed by atoms with Gasteiger partial charge in [-0.15, -0.1) is 0 Å². The third kappa shape index (κ3) is 3.68. The number of nitrogens with one attached hydrogen (secondary N) is 1. The quantitative estimate of drug-likeness (QED) is 0.874. The minimum atomic E-state index is -0.159. The lowest BCUT2D eigenvalue weighted by atomic mass is 10.0. The average Bonchev–Trinajstić information content (AvgIpc) is 3.16. The summed E-state index contributed by atoms with van der Waals surface area (Å²) in [5.74, 6) is 0.347. The van der Waals surface area contributed by atoms with Crippen molar-refractivity contribution in [3.8, 4) is 11.9 Å². The topological polar surface area (TPSA) is 89.5 Å². The summed E-state index contributed by atoms with van der Waals surface area (Å²) in [6.07, 6.45) is 0.866.